The van der Waals surface area contributed by atoms with Crippen LogP contribution in [0, 0.1) is 26.7 Å². The SMILES string of the molecule is CCNC(=NCC1CCCOC1c1ccc(C)cc1)NCCc1sc(C)nc1C. The minimum atomic E-state index is 0.138. The van der Waals surface area contributed by atoms with Crippen LogP contribution in [0.5, 0.6) is 0 Å². The number of hydrogen-bond acceptors (Lipinski definition) is 4. The van der Waals surface area contributed by atoms with Crippen LogP contribution in [0.2, 0.25) is 0 Å². The number of benzene rings is 1. The third-order valence-electron chi connectivity index (χ3n) is 5.32. The summed E-state index contributed by atoms with van der Waals surface area (Å²) in [5, 5.41) is 8.00. The fourth-order valence-corrected chi connectivity index (χ4v) is 4.74. The second kappa shape index (κ2) is 10.7. The number of nitrogens with one attached hydrogen (secondary N) is 2. The second-order valence-corrected chi connectivity index (χ2v) is 9.03. The van der Waals surface area contributed by atoms with E-state index in [0.717, 1.165) is 62.2 Å². The molecule has 1 aromatic heterocycles. The quantitative estimate of drug-likeness (QED) is 0.523. The Hall–Kier alpha value is -1.92. The Bertz CT molecular complexity index is 800. The Labute approximate surface area is 179 Å². The van der Waals surface area contributed by atoms with Gasteiger partial charge < -0.3 is 15.4 Å². The molecule has 3 rings (SSSR count). The molecule has 158 valence electrons. The average Bonchev–Trinajstić information content (AvgIpc) is 3.04. The van der Waals surface area contributed by atoms with E-state index in [2.05, 4.69) is 67.6 Å². The molecule has 0 saturated carbocycles. The van der Waals surface area contributed by atoms with Crippen LogP contribution >= 0.6 is 11.3 Å². The topological polar surface area (TPSA) is 58.5 Å². The van der Waals surface area contributed by atoms with E-state index in [0.29, 0.717) is 5.92 Å². The summed E-state index contributed by atoms with van der Waals surface area (Å²) in [4.78, 5) is 10.8. The van der Waals surface area contributed by atoms with Crippen molar-refractivity contribution in [3.05, 3.63) is 51.0 Å². The highest BCUT2D eigenvalue weighted by Crippen LogP contribution is 2.34. The molecule has 29 heavy (non-hydrogen) atoms. The predicted molar refractivity (Wildman–Crippen MR) is 122 cm³/mol. The summed E-state index contributed by atoms with van der Waals surface area (Å²) < 4.78 is 6.15. The van der Waals surface area contributed by atoms with Crippen LogP contribution in [0.1, 0.15) is 52.6 Å². The number of rotatable bonds is 7. The number of thiazole rings is 1. The summed E-state index contributed by atoms with van der Waals surface area (Å²) in [5.74, 6) is 1.30. The Morgan fingerprint density at radius 3 is 2.69 bits per heavy atom. The summed E-state index contributed by atoms with van der Waals surface area (Å²) in [6.07, 6.45) is 3.37. The summed E-state index contributed by atoms with van der Waals surface area (Å²) in [6.45, 7) is 11.7. The Kier molecular flexibility index (Phi) is 8.07. The molecule has 0 spiro atoms. The zero-order valence-electron chi connectivity index (χ0n) is 18.1. The van der Waals surface area contributed by atoms with Gasteiger partial charge in [0.15, 0.2) is 5.96 Å². The molecule has 2 unspecified atom stereocenters. The molecule has 0 bridgehead atoms. The Morgan fingerprint density at radius 1 is 1.21 bits per heavy atom. The Balaban J connectivity index is 1.59. The number of aromatic nitrogens is 1. The van der Waals surface area contributed by atoms with E-state index in [9.17, 15) is 0 Å². The molecule has 1 aliphatic rings. The van der Waals surface area contributed by atoms with Gasteiger partial charge in [0.05, 0.1) is 16.8 Å². The average molecular weight is 415 g/mol. The molecule has 6 heteroatoms. The fourth-order valence-electron chi connectivity index (χ4n) is 3.80. The number of ether oxygens (including phenoxy) is 1. The number of aryl methyl sites for hydroxylation is 3. The summed E-state index contributed by atoms with van der Waals surface area (Å²) >= 11 is 1.79. The lowest BCUT2D eigenvalue weighted by Gasteiger charge is -2.31. The summed E-state index contributed by atoms with van der Waals surface area (Å²) in [5.41, 5.74) is 3.70. The molecule has 1 fully saturated rings. The highest BCUT2D eigenvalue weighted by molar-refractivity contribution is 7.11. The van der Waals surface area contributed by atoms with E-state index < -0.39 is 0 Å². The van der Waals surface area contributed by atoms with Crippen LogP contribution in [-0.4, -0.2) is 37.2 Å². The number of hydrogen-bond donors (Lipinski definition) is 2. The van der Waals surface area contributed by atoms with Crippen LogP contribution in [0.15, 0.2) is 29.3 Å². The summed E-state index contributed by atoms with van der Waals surface area (Å²) in [6, 6.07) is 8.74. The predicted octanol–water partition coefficient (Wildman–Crippen LogP) is 4.33. The van der Waals surface area contributed by atoms with Crippen LogP contribution in [0.4, 0.5) is 0 Å². The molecular weight excluding hydrogens is 380 g/mol. The smallest absolute Gasteiger partial charge is 0.191 e. The van der Waals surface area contributed by atoms with Gasteiger partial charge in [0.1, 0.15) is 0 Å². The largest absolute Gasteiger partial charge is 0.373 e. The molecule has 2 atom stereocenters. The van der Waals surface area contributed by atoms with Gasteiger partial charge in [-0.15, -0.1) is 11.3 Å². The number of guanidine groups is 1. The van der Waals surface area contributed by atoms with Gasteiger partial charge >= 0.3 is 0 Å². The van der Waals surface area contributed by atoms with E-state index >= 15 is 0 Å². The first-order valence-electron chi connectivity index (χ1n) is 10.7. The number of aliphatic imine (C=N–C) groups is 1. The lowest BCUT2D eigenvalue weighted by Crippen LogP contribution is -2.39. The molecule has 0 amide bonds. The van der Waals surface area contributed by atoms with Crippen molar-refractivity contribution in [2.24, 2.45) is 10.9 Å². The van der Waals surface area contributed by atoms with Crippen molar-refractivity contribution in [1.82, 2.24) is 15.6 Å². The summed E-state index contributed by atoms with van der Waals surface area (Å²) in [7, 11) is 0. The van der Waals surface area contributed by atoms with Crippen LogP contribution in [0.25, 0.3) is 0 Å². The molecule has 5 nitrogen and oxygen atoms in total. The third-order valence-corrected chi connectivity index (χ3v) is 6.46. The van der Waals surface area contributed by atoms with Gasteiger partial charge in [0, 0.05) is 43.5 Å². The van der Waals surface area contributed by atoms with Crippen molar-refractivity contribution >= 4 is 17.3 Å². The van der Waals surface area contributed by atoms with Crippen LogP contribution < -0.4 is 10.6 Å². The maximum Gasteiger partial charge on any atom is 0.191 e. The highest BCUT2D eigenvalue weighted by Gasteiger charge is 2.27. The van der Waals surface area contributed by atoms with E-state index in [1.54, 1.807) is 11.3 Å². The third kappa shape index (κ3) is 6.28. The van der Waals surface area contributed by atoms with Gasteiger partial charge in [0.25, 0.3) is 0 Å². The lowest BCUT2D eigenvalue weighted by atomic mass is 9.89. The van der Waals surface area contributed by atoms with E-state index in [1.807, 2.05) is 0 Å². The van der Waals surface area contributed by atoms with Crippen molar-refractivity contribution in [1.29, 1.82) is 0 Å². The molecule has 2 aromatic rings. The van der Waals surface area contributed by atoms with Crippen molar-refractivity contribution in [3.8, 4) is 0 Å². The molecule has 2 N–H and O–H groups in total. The zero-order valence-corrected chi connectivity index (χ0v) is 18.9. The van der Waals surface area contributed by atoms with Gasteiger partial charge in [-0.2, -0.15) is 0 Å². The maximum absolute atomic E-state index is 6.15. The fraction of sp³-hybridized carbons (Fsp3) is 0.565. The lowest BCUT2D eigenvalue weighted by molar-refractivity contribution is -0.0250. The van der Waals surface area contributed by atoms with Gasteiger partial charge in [-0.25, -0.2) is 4.98 Å². The monoisotopic (exact) mass is 414 g/mol. The van der Waals surface area contributed by atoms with Crippen LogP contribution in [0.3, 0.4) is 0 Å². The molecule has 2 heterocycles. The first-order chi connectivity index (χ1) is 14.1. The zero-order chi connectivity index (χ0) is 20.6. The standard InChI is InChI=1S/C23H34N4OS/c1-5-24-23(25-13-12-21-17(3)27-18(4)29-21)26-15-20-7-6-14-28-22(20)19-10-8-16(2)9-11-19/h8-11,20,22H,5-7,12-15H2,1-4H3,(H2,24,25,26). The van der Waals surface area contributed by atoms with Crippen molar-refractivity contribution in [2.75, 3.05) is 26.2 Å². The van der Waals surface area contributed by atoms with Crippen molar-refractivity contribution < 1.29 is 4.74 Å². The van der Waals surface area contributed by atoms with E-state index in [4.69, 9.17) is 9.73 Å². The number of nitrogens with zero attached hydrogens (tertiary/aromatic N) is 2. The molecule has 0 aliphatic carbocycles. The highest BCUT2D eigenvalue weighted by atomic mass is 32.1. The van der Waals surface area contributed by atoms with Gasteiger partial charge in [-0.05, 0) is 46.1 Å². The first-order valence-corrected chi connectivity index (χ1v) is 11.5. The normalized spacial score (nSPS) is 19.9. The molecule has 1 aromatic carbocycles. The molecular formula is C23H34N4OS. The van der Waals surface area contributed by atoms with Gasteiger partial charge in [0.2, 0.25) is 0 Å². The van der Waals surface area contributed by atoms with Crippen LogP contribution in [-0.2, 0) is 11.2 Å². The van der Waals surface area contributed by atoms with Crippen molar-refractivity contribution in [3.63, 3.8) is 0 Å². The Morgan fingerprint density at radius 2 is 2.00 bits per heavy atom. The van der Waals surface area contributed by atoms with Gasteiger partial charge in [-0.1, -0.05) is 29.8 Å². The van der Waals surface area contributed by atoms with Crippen molar-refractivity contribution in [2.45, 2.75) is 53.1 Å². The minimum Gasteiger partial charge on any atom is -0.373 e. The van der Waals surface area contributed by atoms with Gasteiger partial charge in [-0.3, -0.25) is 4.99 Å². The second-order valence-electron chi connectivity index (χ2n) is 7.74. The first kappa shape index (κ1) is 21.8. The molecule has 1 saturated heterocycles. The molecule has 0 radical (unpaired) electrons. The maximum atomic E-state index is 6.15. The molecule has 1 aliphatic heterocycles. The van der Waals surface area contributed by atoms with E-state index in [1.165, 1.54) is 16.0 Å². The minimum absolute atomic E-state index is 0.138. The van der Waals surface area contributed by atoms with E-state index in [-0.39, 0.29) is 6.10 Å².